The van der Waals surface area contributed by atoms with Crippen LogP contribution in [-0.2, 0) is 0 Å². The summed E-state index contributed by atoms with van der Waals surface area (Å²) in [5.41, 5.74) is 2.44. The predicted octanol–water partition coefficient (Wildman–Crippen LogP) is 1.60. The molecule has 0 bridgehead atoms. The minimum atomic E-state index is 0.0815. The second-order valence-corrected chi connectivity index (χ2v) is 5.26. The molecule has 1 aliphatic rings. The van der Waals surface area contributed by atoms with E-state index in [0.29, 0.717) is 5.56 Å². The Labute approximate surface area is 121 Å². The molecule has 0 atom stereocenters. The molecule has 0 aromatic carbocycles. The lowest BCUT2D eigenvalue weighted by Crippen LogP contribution is -2.48. The highest BCUT2D eigenvalue weighted by atomic mass is 16.2. The first-order valence-electron chi connectivity index (χ1n) is 7.31. The van der Waals surface area contributed by atoms with Crippen LogP contribution >= 0.6 is 0 Å². The molecule has 1 amide bonds. The highest BCUT2D eigenvalue weighted by Crippen LogP contribution is 2.18. The number of amides is 1. The zero-order valence-corrected chi connectivity index (χ0v) is 12.6. The average molecular weight is 276 g/mol. The van der Waals surface area contributed by atoms with Crippen LogP contribution in [0.3, 0.4) is 0 Å². The van der Waals surface area contributed by atoms with Crippen molar-refractivity contribution in [2.24, 2.45) is 0 Å². The van der Waals surface area contributed by atoms with Gasteiger partial charge in [0.2, 0.25) is 0 Å². The van der Waals surface area contributed by atoms with Gasteiger partial charge in [0.05, 0.1) is 11.3 Å². The third kappa shape index (κ3) is 3.28. The largest absolute Gasteiger partial charge is 0.387 e. The number of hydrogen-bond donors (Lipinski definition) is 1. The van der Waals surface area contributed by atoms with Crippen molar-refractivity contribution in [1.82, 2.24) is 14.8 Å². The molecule has 0 saturated carbocycles. The minimum Gasteiger partial charge on any atom is -0.387 e. The maximum absolute atomic E-state index is 12.6. The number of hydrogen-bond acceptors (Lipinski definition) is 4. The van der Waals surface area contributed by atoms with Crippen LogP contribution in [0.2, 0.25) is 0 Å². The Kier molecular flexibility index (Phi) is 4.95. The molecule has 1 aromatic heterocycles. The molecule has 1 N–H and O–H groups in total. The topological polar surface area (TPSA) is 48.5 Å². The smallest absolute Gasteiger partial charge is 0.257 e. The maximum Gasteiger partial charge on any atom is 0.257 e. The van der Waals surface area contributed by atoms with Gasteiger partial charge in [0.25, 0.3) is 5.91 Å². The van der Waals surface area contributed by atoms with E-state index in [2.05, 4.69) is 22.1 Å². The van der Waals surface area contributed by atoms with Crippen molar-refractivity contribution in [3.05, 3.63) is 23.5 Å². The predicted molar refractivity (Wildman–Crippen MR) is 81.2 cm³/mol. The molecule has 1 saturated heterocycles. The monoisotopic (exact) mass is 276 g/mol. The lowest BCUT2D eigenvalue weighted by atomic mass is 10.1. The minimum absolute atomic E-state index is 0.0815. The normalized spacial score (nSPS) is 16.2. The number of anilines is 1. The molecular formula is C15H24N4O. The molecule has 2 heterocycles. The Hall–Kier alpha value is -1.62. The SMILES string of the molecule is CCCN1CCN(C(=O)c2cnc(C)cc2NC)CC1. The van der Waals surface area contributed by atoms with Gasteiger partial charge in [-0.3, -0.25) is 14.7 Å². The van der Waals surface area contributed by atoms with Crippen molar-refractivity contribution in [2.75, 3.05) is 45.1 Å². The van der Waals surface area contributed by atoms with E-state index >= 15 is 0 Å². The van der Waals surface area contributed by atoms with Crippen LogP contribution in [-0.4, -0.2) is 60.5 Å². The van der Waals surface area contributed by atoms with Crippen LogP contribution in [0.4, 0.5) is 5.69 Å². The summed E-state index contributed by atoms with van der Waals surface area (Å²) in [6, 6.07) is 1.92. The van der Waals surface area contributed by atoms with Crippen molar-refractivity contribution >= 4 is 11.6 Å². The Morgan fingerprint density at radius 2 is 2.05 bits per heavy atom. The molecule has 0 spiro atoms. The van der Waals surface area contributed by atoms with Gasteiger partial charge < -0.3 is 10.2 Å². The summed E-state index contributed by atoms with van der Waals surface area (Å²) >= 11 is 0. The first-order chi connectivity index (χ1) is 9.65. The number of carbonyl (C=O) groups excluding carboxylic acids is 1. The molecule has 5 heteroatoms. The first-order valence-corrected chi connectivity index (χ1v) is 7.31. The van der Waals surface area contributed by atoms with E-state index in [-0.39, 0.29) is 5.91 Å². The number of nitrogens with zero attached hydrogens (tertiary/aromatic N) is 3. The Morgan fingerprint density at radius 1 is 1.35 bits per heavy atom. The van der Waals surface area contributed by atoms with Gasteiger partial charge >= 0.3 is 0 Å². The van der Waals surface area contributed by atoms with E-state index in [1.807, 2.05) is 24.9 Å². The van der Waals surface area contributed by atoms with Gasteiger partial charge in [-0.1, -0.05) is 6.92 Å². The summed E-state index contributed by atoms with van der Waals surface area (Å²) in [6.07, 6.45) is 2.85. The molecule has 1 fully saturated rings. The summed E-state index contributed by atoms with van der Waals surface area (Å²) in [5, 5.41) is 3.09. The van der Waals surface area contributed by atoms with Gasteiger partial charge in [0.1, 0.15) is 0 Å². The molecule has 0 radical (unpaired) electrons. The fourth-order valence-corrected chi connectivity index (χ4v) is 2.60. The summed E-state index contributed by atoms with van der Waals surface area (Å²) in [7, 11) is 1.84. The molecular weight excluding hydrogens is 252 g/mol. The number of rotatable bonds is 4. The average Bonchev–Trinajstić information content (AvgIpc) is 2.47. The van der Waals surface area contributed by atoms with Gasteiger partial charge in [-0.25, -0.2) is 0 Å². The van der Waals surface area contributed by atoms with Gasteiger partial charge in [-0.2, -0.15) is 0 Å². The van der Waals surface area contributed by atoms with Crippen molar-refractivity contribution in [2.45, 2.75) is 20.3 Å². The van der Waals surface area contributed by atoms with Crippen LogP contribution in [0.25, 0.3) is 0 Å². The fourth-order valence-electron chi connectivity index (χ4n) is 2.60. The molecule has 2 rings (SSSR count). The standard InChI is InChI=1S/C15H24N4O/c1-4-5-18-6-8-19(9-7-18)15(20)13-11-17-12(2)10-14(13)16-3/h10-11H,4-9H2,1-3H3,(H,16,17). The third-order valence-electron chi connectivity index (χ3n) is 3.74. The van der Waals surface area contributed by atoms with Crippen molar-refractivity contribution in [3.8, 4) is 0 Å². The fraction of sp³-hybridized carbons (Fsp3) is 0.600. The number of aromatic nitrogens is 1. The van der Waals surface area contributed by atoms with Crippen molar-refractivity contribution < 1.29 is 4.79 Å². The Morgan fingerprint density at radius 3 is 2.65 bits per heavy atom. The maximum atomic E-state index is 12.6. The molecule has 0 aliphatic carbocycles. The van der Waals surface area contributed by atoms with Crippen LogP contribution in [0.5, 0.6) is 0 Å². The van der Waals surface area contributed by atoms with E-state index in [0.717, 1.165) is 44.1 Å². The molecule has 5 nitrogen and oxygen atoms in total. The first kappa shape index (κ1) is 14.8. The second kappa shape index (κ2) is 6.70. The van der Waals surface area contributed by atoms with Crippen LogP contribution in [0.15, 0.2) is 12.3 Å². The van der Waals surface area contributed by atoms with E-state index < -0.39 is 0 Å². The van der Waals surface area contributed by atoms with Crippen LogP contribution in [0, 0.1) is 6.92 Å². The highest BCUT2D eigenvalue weighted by Gasteiger charge is 2.23. The zero-order chi connectivity index (χ0) is 14.5. The highest BCUT2D eigenvalue weighted by molar-refractivity contribution is 5.99. The lowest BCUT2D eigenvalue weighted by Gasteiger charge is -2.34. The van der Waals surface area contributed by atoms with Gasteiger partial charge in [-0.15, -0.1) is 0 Å². The molecule has 1 aliphatic heterocycles. The van der Waals surface area contributed by atoms with Gasteiger partial charge in [0.15, 0.2) is 0 Å². The molecule has 110 valence electrons. The van der Waals surface area contributed by atoms with Crippen LogP contribution < -0.4 is 5.32 Å². The van der Waals surface area contributed by atoms with Crippen molar-refractivity contribution in [3.63, 3.8) is 0 Å². The third-order valence-corrected chi connectivity index (χ3v) is 3.74. The second-order valence-electron chi connectivity index (χ2n) is 5.26. The zero-order valence-electron chi connectivity index (χ0n) is 12.6. The number of pyridine rings is 1. The Balaban J connectivity index is 2.05. The quantitative estimate of drug-likeness (QED) is 0.907. The van der Waals surface area contributed by atoms with E-state index in [1.165, 1.54) is 6.42 Å². The number of carbonyl (C=O) groups is 1. The summed E-state index contributed by atoms with van der Waals surface area (Å²) in [4.78, 5) is 21.2. The summed E-state index contributed by atoms with van der Waals surface area (Å²) < 4.78 is 0. The van der Waals surface area contributed by atoms with Gasteiger partial charge in [0, 0.05) is 45.1 Å². The van der Waals surface area contributed by atoms with Crippen LogP contribution in [0.1, 0.15) is 29.4 Å². The number of piperazine rings is 1. The summed E-state index contributed by atoms with van der Waals surface area (Å²) in [6.45, 7) is 8.77. The van der Waals surface area contributed by atoms with E-state index in [4.69, 9.17) is 0 Å². The van der Waals surface area contributed by atoms with E-state index in [1.54, 1.807) is 6.20 Å². The van der Waals surface area contributed by atoms with Crippen molar-refractivity contribution in [1.29, 1.82) is 0 Å². The summed E-state index contributed by atoms with van der Waals surface area (Å²) in [5.74, 6) is 0.0815. The van der Waals surface area contributed by atoms with Gasteiger partial charge in [-0.05, 0) is 26.0 Å². The molecule has 1 aromatic rings. The Bertz CT molecular complexity index is 467. The molecule has 0 unspecified atom stereocenters. The lowest BCUT2D eigenvalue weighted by molar-refractivity contribution is 0.0638. The number of aryl methyl sites for hydroxylation is 1. The molecule has 20 heavy (non-hydrogen) atoms. The number of nitrogens with one attached hydrogen (secondary N) is 1. The van der Waals surface area contributed by atoms with E-state index in [9.17, 15) is 4.79 Å².